The summed E-state index contributed by atoms with van der Waals surface area (Å²) in [6.07, 6.45) is 0.425. The first-order valence-corrected chi connectivity index (χ1v) is 7.04. The number of hydrogen-bond donors (Lipinski definition) is 1. The molecular formula is C16H13ClN2O3. The van der Waals surface area contributed by atoms with Gasteiger partial charge in [-0.25, -0.2) is 0 Å². The first-order valence-electron chi connectivity index (χ1n) is 6.66. The maximum absolute atomic E-state index is 10.2. The molecular weight excluding hydrogens is 304 g/mol. The van der Waals surface area contributed by atoms with Crippen LogP contribution < -0.4 is 4.74 Å². The summed E-state index contributed by atoms with van der Waals surface area (Å²) in [7, 11) is 0. The van der Waals surface area contributed by atoms with Crippen molar-refractivity contribution in [2.45, 2.75) is 6.10 Å². The molecule has 22 heavy (non-hydrogen) atoms. The fraction of sp³-hybridized carbons (Fsp3) is 0.125. The summed E-state index contributed by atoms with van der Waals surface area (Å²) in [4.78, 5) is 0. The average Bonchev–Trinajstić information content (AvgIpc) is 3.07. The van der Waals surface area contributed by atoms with E-state index in [0.29, 0.717) is 27.8 Å². The van der Waals surface area contributed by atoms with Gasteiger partial charge in [0.1, 0.15) is 18.5 Å². The molecule has 0 bridgehead atoms. The maximum Gasteiger partial charge on any atom is 0.251 e. The van der Waals surface area contributed by atoms with Crippen LogP contribution in [0.4, 0.5) is 0 Å². The Balaban J connectivity index is 1.76. The van der Waals surface area contributed by atoms with Crippen LogP contribution in [0, 0.1) is 0 Å². The van der Waals surface area contributed by atoms with Crippen LogP contribution >= 0.6 is 11.6 Å². The zero-order valence-electron chi connectivity index (χ0n) is 11.5. The van der Waals surface area contributed by atoms with Gasteiger partial charge >= 0.3 is 0 Å². The van der Waals surface area contributed by atoms with Crippen molar-refractivity contribution in [1.82, 2.24) is 10.2 Å². The molecule has 0 aliphatic rings. The predicted octanol–water partition coefficient (Wildman–Crippen LogP) is 3.50. The van der Waals surface area contributed by atoms with Gasteiger partial charge in [-0.2, -0.15) is 0 Å². The van der Waals surface area contributed by atoms with E-state index in [0.717, 1.165) is 0 Å². The lowest BCUT2D eigenvalue weighted by molar-refractivity contribution is 0.108. The lowest BCUT2D eigenvalue weighted by atomic mass is 10.1. The predicted molar refractivity (Wildman–Crippen MR) is 81.6 cm³/mol. The summed E-state index contributed by atoms with van der Waals surface area (Å²) in [5.41, 5.74) is 1.30. The number of rotatable bonds is 5. The van der Waals surface area contributed by atoms with Crippen LogP contribution in [0.5, 0.6) is 5.75 Å². The second-order valence-corrected chi connectivity index (χ2v) is 5.00. The molecule has 5 nitrogen and oxygen atoms in total. The lowest BCUT2D eigenvalue weighted by Gasteiger charge is -2.15. The molecule has 6 heteroatoms. The fourth-order valence-electron chi connectivity index (χ4n) is 2.06. The van der Waals surface area contributed by atoms with E-state index in [1.54, 1.807) is 18.2 Å². The van der Waals surface area contributed by atoms with E-state index in [2.05, 4.69) is 10.2 Å². The third-order valence-corrected chi connectivity index (χ3v) is 3.48. The van der Waals surface area contributed by atoms with Crippen molar-refractivity contribution in [3.63, 3.8) is 0 Å². The molecule has 1 atom stereocenters. The van der Waals surface area contributed by atoms with E-state index in [1.165, 1.54) is 6.39 Å². The number of aliphatic hydroxyl groups is 1. The number of nitrogens with zero attached hydrogens (tertiary/aromatic N) is 2. The summed E-state index contributed by atoms with van der Waals surface area (Å²) in [6.45, 7) is 0.0644. The van der Waals surface area contributed by atoms with E-state index in [1.807, 2.05) is 30.3 Å². The Bertz CT molecular complexity index is 747. The van der Waals surface area contributed by atoms with Gasteiger partial charge < -0.3 is 14.3 Å². The van der Waals surface area contributed by atoms with Crippen LogP contribution in [0.15, 0.2) is 59.3 Å². The van der Waals surface area contributed by atoms with E-state index in [-0.39, 0.29) is 6.61 Å². The van der Waals surface area contributed by atoms with Crippen LogP contribution in [-0.4, -0.2) is 21.9 Å². The molecule has 3 rings (SSSR count). The Hall–Kier alpha value is -2.37. The number of benzene rings is 2. The highest BCUT2D eigenvalue weighted by molar-refractivity contribution is 6.31. The van der Waals surface area contributed by atoms with Gasteiger partial charge in [-0.05, 0) is 18.2 Å². The lowest BCUT2D eigenvalue weighted by Crippen LogP contribution is -2.10. The van der Waals surface area contributed by atoms with Crippen molar-refractivity contribution in [1.29, 1.82) is 0 Å². The number of aliphatic hydroxyl groups excluding tert-OH is 1. The largest absolute Gasteiger partial charge is 0.490 e. The van der Waals surface area contributed by atoms with Crippen molar-refractivity contribution in [2.75, 3.05) is 6.61 Å². The topological polar surface area (TPSA) is 68.4 Å². The van der Waals surface area contributed by atoms with Crippen LogP contribution in [0.1, 0.15) is 11.7 Å². The highest BCUT2D eigenvalue weighted by Gasteiger charge is 2.15. The quantitative estimate of drug-likeness (QED) is 0.780. The van der Waals surface area contributed by atoms with Crippen molar-refractivity contribution >= 4 is 11.6 Å². The highest BCUT2D eigenvalue weighted by atomic mass is 35.5. The monoisotopic (exact) mass is 316 g/mol. The van der Waals surface area contributed by atoms with Crippen molar-refractivity contribution in [3.05, 3.63) is 65.5 Å². The smallest absolute Gasteiger partial charge is 0.251 e. The molecule has 1 heterocycles. The number of para-hydroxylation sites is 1. The Morgan fingerprint density at radius 3 is 2.68 bits per heavy atom. The minimum absolute atomic E-state index is 0.0644. The average molecular weight is 317 g/mol. The third kappa shape index (κ3) is 3.10. The molecule has 112 valence electrons. The Morgan fingerprint density at radius 1 is 1.14 bits per heavy atom. The molecule has 0 amide bonds. The molecule has 0 radical (unpaired) electrons. The molecule has 0 saturated carbocycles. The Kier molecular flexibility index (Phi) is 4.37. The number of hydrogen-bond acceptors (Lipinski definition) is 5. The maximum atomic E-state index is 10.2. The van der Waals surface area contributed by atoms with Crippen molar-refractivity contribution < 1.29 is 14.3 Å². The SMILES string of the molecule is OC(COc1ccccc1-c1nnco1)c1ccccc1Cl. The minimum atomic E-state index is -0.829. The molecule has 0 aliphatic carbocycles. The van der Waals surface area contributed by atoms with Gasteiger partial charge in [0.25, 0.3) is 5.89 Å². The molecule has 0 fully saturated rings. The van der Waals surface area contributed by atoms with Gasteiger partial charge in [0, 0.05) is 10.6 Å². The first-order chi connectivity index (χ1) is 10.8. The van der Waals surface area contributed by atoms with Gasteiger partial charge in [-0.1, -0.05) is 41.9 Å². The number of aromatic nitrogens is 2. The van der Waals surface area contributed by atoms with Gasteiger partial charge in [0.05, 0.1) is 5.56 Å². The van der Waals surface area contributed by atoms with Crippen LogP contribution in [-0.2, 0) is 0 Å². The zero-order chi connectivity index (χ0) is 15.4. The number of halogens is 1. The molecule has 0 aliphatic heterocycles. The minimum Gasteiger partial charge on any atom is -0.490 e. The van der Waals surface area contributed by atoms with Crippen LogP contribution in [0.2, 0.25) is 5.02 Å². The van der Waals surface area contributed by atoms with Gasteiger partial charge in [-0.15, -0.1) is 10.2 Å². The standard InChI is InChI=1S/C16H13ClN2O3/c17-13-7-3-1-5-11(13)14(20)9-21-15-8-4-2-6-12(15)16-19-18-10-22-16/h1-8,10,14,20H,9H2. The highest BCUT2D eigenvalue weighted by Crippen LogP contribution is 2.29. The summed E-state index contributed by atoms with van der Waals surface area (Å²) in [5.74, 6) is 0.917. The fourth-order valence-corrected chi connectivity index (χ4v) is 2.33. The molecule has 2 aromatic carbocycles. The number of ether oxygens (including phenoxy) is 1. The second-order valence-electron chi connectivity index (χ2n) is 4.59. The third-order valence-electron chi connectivity index (χ3n) is 3.14. The van der Waals surface area contributed by atoms with E-state index in [4.69, 9.17) is 20.8 Å². The van der Waals surface area contributed by atoms with Gasteiger partial charge in [-0.3, -0.25) is 0 Å². The summed E-state index contributed by atoms with van der Waals surface area (Å²) in [5, 5.41) is 18.2. The van der Waals surface area contributed by atoms with Gasteiger partial charge in [0.2, 0.25) is 6.39 Å². The van der Waals surface area contributed by atoms with Gasteiger partial charge in [0.15, 0.2) is 0 Å². The molecule has 1 aromatic heterocycles. The van der Waals surface area contributed by atoms with Crippen molar-refractivity contribution in [2.24, 2.45) is 0 Å². The normalized spacial score (nSPS) is 12.1. The van der Waals surface area contributed by atoms with E-state index >= 15 is 0 Å². The molecule has 0 spiro atoms. The Morgan fingerprint density at radius 2 is 1.91 bits per heavy atom. The summed E-state index contributed by atoms with van der Waals surface area (Å²) in [6, 6.07) is 14.4. The molecule has 1 unspecified atom stereocenters. The van der Waals surface area contributed by atoms with Crippen LogP contribution in [0.3, 0.4) is 0 Å². The first kappa shape index (κ1) is 14.6. The van der Waals surface area contributed by atoms with E-state index in [9.17, 15) is 5.11 Å². The molecule has 0 saturated heterocycles. The molecule has 1 N–H and O–H groups in total. The summed E-state index contributed by atoms with van der Waals surface area (Å²) < 4.78 is 10.9. The van der Waals surface area contributed by atoms with Crippen LogP contribution in [0.25, 0.3) is 11.5 Å². The second kappa shape index (κ2) is 6.60. The zero-order valence-corrected chi connectivity index (χ0v) is 12.3. The van der Waals surface area contributed by atoms with Crippen molar-refractivity contribution in [3.8, 4) is 17.2 Å². The van der Waals surface area contributed by atoms with E-state index < -0.39 is 6.10 Å². The molecule has 3 aromatic rings. The Labute approximate surface area is 132 Å². The summed E-state index contributed by atoms with van der Waals surface area (Å²) >= 11 is 6.06.